The summed E-state index contributed by atoms with van der Waals surface area (Å²) in [5.41, 5.74) is 0.226. The summed E-state index contributed by atoms with van der Waals surface area (Å²) in [7, 11) is 0. The predicted octanol–water partition coefficient (Wildman–Crippen LogP) is 2.33. The fraction of sp³-hybridized carbons (Fsp3) is 0. The number of rotatable bonds is 0. The molecule has 0 aromatic heterocycles. The van der Waals surface area contributed by atoms with Crippen LogP contribution in [0.4, 0.5) is 4.39 Å². The lowest BCUT2D eigenvalue weighted by Crippen LogP contribution is -1.87. The molecule has 0 heterocycles. The van der Waals surface area contributed by atoms with Crippen LogP contribution in [0.3, 0.4) is 0 Å². The Morgan fingerprint density at radius 2 is 1.67 bits per heavy atom. The molecule has 0 amide bonds. The summed E-state index contributed by atoms with van der Waals surface area (Å²) >= 11 is 2.91. The van der Waals surface area contributed by atoms with Crippen LogP contribution in [0.5, 0.6) is 0 Å². The van der Waals surface area contributed by atoms with Gasteiger partial charge in [-0.1, -0.05) is 0 Å². The SMILES string of the molecule is N#Cc1cc(F)c(Br)cc1C#N. The first-order valence-electron chi connectivity index (χ1n) is 2.98. The molecule has 2 nitrogen and oxygen atoms in total. The van der Waals surface area contributed by atoms with Crippen molar-refractivity contribution in [3.05, 3.63) is 33.5 Å². The van der Waals surface area contributed by atoms with E-state index < -0.39 is 5.82 Å². The Balaban J connectivity index is 3.44. The van der Waals surface area contributed by atoms with Crippen LogP contribution >= 0.6 is 15.9 Å². The first-order valence-corrected chi connectivity index (χ1v) is 3.77. The minimum absolute atomic E-state index is 0.0539. The molecule has 58 valence electrons. The molecule has 0 unspecified atom stereocenters. The van der Waals surface area contributed by atoms with Crippen LogP contribution in [0.2, 0.25) is 0 Å². The van der Waals surface area contributed by atoms with Crippen molar-refractivity contribution in [3.63, 3.8) is 0 Å². The second-order valence-electron chi connectivity index (χ2n) is 2.04. The summed E-state index contributed by atoms with van der Waals surface area (Å²) < 4.78 is 13.0. The van der Waals surface area contributed by atoms with E-state index in [2.05, 4.69) is 15.9 Å². The Labute approximate surface area is 77.0 Å². The van der Waals surface area contributed by atoms with E-state index >= 15 is 0 Å². The zero-order valence-corrected chi connectivity index (χ0v) is 7.39. The molecule has 0 bridgehead atoms. The van der Waals surface area contributed by atoms with E-state index in [1.54, 1.807) is 12.1 Å². The third-order valence-electron chi connectivity index (χ3n) is 1.30. The maximum absolute atomic E-state index is 12.8. The minimum atomic E-state index is -0.537. The molecule has 0 fully saturated rings. The summed E-state index contributed by atoms with van der Waals surface area (Å²) in [5.74, 6) is -0.537. The fourth-order valence-electron chi connectivity index (χ4n) is 0.732. The van der Waals surface area contributed by atoms with Crippen molar-refractivity contribution in [1.82, 2.24) is 0 Å². The summed E-state index contributed by atoms with van der Waals surface area (Å²) in [5, 5.41) is 17.0. The highest BCUT2D eigenvalue weighted by molar-refractivity contribution is 9.10. The molecule has 0 radical (unpaired) electrons. The van der Waals surface area contributed by atoms with E-state index in [0.29, 0.717) is 0 Å². The smallest absolute Gasteiger partial charge is 0.138 e. The van der Waals surface area contributed by atoms with Crippen LogP contribution in [-0.4, -0.2) is 0 Å². The van der Waals surface area contributed by atoms with E-state index in [1.807, 2.05) is 0 Å². The highest BCUT2D eigenvalue weighted by atomic mass is 79.9. The van der Waals surface area contributed by atoms with E-state index in [0.717, 1.165) is 6.07 Å². The first kappa shape index (κ1) is 8.70. The molecular formula is C8H2BrFN2. The van der Waals surface area contributed by atoms with Gasteiger partial charge in [-0.3, -0.25) is 0 Å². The predicted molar refractivity (Wildman–Crippen MR) is 43.5 cm³/mol. The van der Waals surface area contributed by atoms with Gasteiger partial charge in [0.1, 0.15) is 18.0 Å². The van der Waals surface area contributed by atoms with Crippen LogP contribution < -0.4 is 0 Å². The lowest BCUT2D eigenvalue weighted by atomic mass is 10.1. The molecule has 0 spiro atoms. The molecule has 1 rings (SSSR count). The molecular weight excluding hydrogens is 223 g/mol. The monoisotopic (exact) mass is 224 g/mol. The van der Waals surface area contributed by atoms with E-state index in [1.165, 1.54) is 6.07 Å². The van der Waals surface area contributed by atoms with Gasteiger partial charge in [0.2, 0.25) is 0 Å². The minimum Gasteiger partial charge on any atom is -0.206 e. The van der Waals surface area contributed by atoms with Crippen molar-refractivity contribution in [2.24, 2.45) is 0 Å². The van der Waals surface area contributed by atoms with Gasteiger partial charge in [-0.05, 0) is 28.1 Å². The second kappa shape index (κ2) is 3.34. The fourth-order valence-corrected chi connectivity index (χ4v) is 1.08. The topological polar surface area (TPSA) is 47.6 Å². The summed E-state index contributed by atoms with van der Waals surface area (Å²) in [4.78, 5) is 0. The lowest BCUT2D eigenvalue weighted by Gasteiger charge is -1.96. The maximum Gasteiger partial charge on any atom is 0.138 e. The van der Waals surface area contributed by atoms with Gasteiger partial charge in [-0.2, -0.15) is 10.5 Å². The maximum atomic E-state index is 12.8. The van der Waals surface area contributed by atoms with Gasteiger partial charge in [0.15, 0.2) is 0 Å². The van der Waals surface area contributed by atoms with Crippen molar-refractivity contribution >= 4 is 15.9 Å². The number of nitrogens with zero attached hydrogens (tertiary/aromatic N) is 2. The molecule has 1 aromatic carbocycles. The molecule has 12 heavy (non-hydrogen) atoms. The highest BCUT2D eigenvalue weighted by Gasteiger charge is 2.06. The van der Waals surface area contributed by atoms with Crippen molar-refractivity contribution in [3.8, 4) is 12.1 Å². The third-order valence-corrected chi connectivity index (χ3v) is 1.91. The zero-order valence-electron chi connectivity index (χ0n) is 5.81. The molecule has 0 aliphatic rings. The van der Waals surface area contributed by atoms with Crippen LogP contribution in [0, 0.1) is 28.5 Å². The van der Waals surface area contributed by atoms with Gasteiger partial charge in [-0.25, -0.2) is 4.39 Å². The third kappa shape index (κ3) is 1.44. The van der Waals surface area contributed by atoms with E-state index in [-0.39, 0.29) is 15.6 Å². The Hall–Kier alpha value is -1.39. The lowest BCUT2D eigenvalue weighted by molar-refractivity contribution is 0.620. The molecule has 0 saturated carbocycles. The molecule has 1 aromatic rings. The van der Waals surface area contributed by atoms with E-state index in [9.17, 15) is 4.39 Å². The van der Waals surface area contributed by atoms with Gasteiger partial charge in [0.05, 0.1) is 15.6 Å². The van der Waals surface area contributed by atoms with Gasteiger partial charge in [0, 0.05) is 0 Å². The highest BCUT2D eigenvalue weighted by Crippen LogP contribution is 2.19. The van der Waals surface area contributed by atoms with Crippen molar-refractivity contribution < 1.29 is 4.39 Å². The quantitative estimate of drug-likeness (QED) is 0.680. The van der Waals surface area contributed by atoms with Crippen molar-refractivity contribution in [2.75, 3.05) is 0 Å². The molecule has 0 saturated heterocycles. The van der Waals surface area contributed by atoms with Crippen LogP contribution in [0.25, 0.3) is 0 Å². The van der Waals surface area contributed by atoms with Crippen LogP contribution in [0.15, 0.2) is 16.6 Å². The van der Waals surface area contributed by atoms with Crippen molar-refractivity contribution in [1.29, 1.82) is 10.5 Å². The van der Waals surface area contributed by atoms with Gasteiger partial charge in [0.25, 0.3) is 0 Å². The van der Waals surface area contributed by atoms with E-state index in [4.69, 9.17) is 10.5 Å². The number of hydrogen-bond acceptors (Lipinski definition) is 2. The Kier molecular flexibility index (Phi) is 2.42. The van der Waals surface area contributed by atoms with Gasteiger partial charge >= 0.3 is 0 Å². The Morgan fingerprint density at radius 3 is 2.17 bits per heavy atom. The largest absolute Gasteiger partial charge is 0.206 e. The summed E-state index contributed by atoms with van der Waals surface area (Å²) in [6.45, 7) is 0. The average Bonchev–Trinajstić information content (AvgIpc) is 2.09. The van der Waals surface area contributed by atoms with Crippen LogP contribution in [-0.2, 0) is 0 Å². The number of nitriles is 2. The van der Waals surface area contributed by atoms with Gasteiger partial charge in [-0.15, -0.1) is 0 Å². The molecule has 0 N–H and O–H groups in total. The summed E-state index contributed by atoms with van der Waals surface area (Å²) in [6, 6.07) is 5.84. The normalized spacial score (nSPS) is 8.67. The van der Waals surface area contributed by atoms with Crippen LogP contribution in [0.1, 0.15) is 11.1 Å². The summed E-state index contributed by atoms with van der Waals surface area (Å²) in [6.07, 6.45) is 0. The standard InChI is InChI=1S/C8H2BrFN2/c9-7-1-5(3-11)6(4-12)2-8(7)10/h1-2H. The molecule has 0 aliphatic heterocycles. The first-order chi connectivity index (χ1) is 5.69. The zero-order chi connectivity index (χ0) is 9.14. The Morgan fingerprint density at radius 1 is 1.17 bits per heavy atom. The molecule has 4 heteroatoms. The second-order valence-corrected chi connectivity index (χ2v) is 2.89. The Bertz CT molecular complexity index is 362. The average molecular weight is 225 g/mol. The van der Waals surface area contributed by atoms with Gasteiger partial charge < -0.3 is 0 Å². The molecule has 0 aliphatic carbocycles. The molecule has 0 atom stereocenters. The number of benzene rings is 1. The number of halogens is 2. The van der Waals surface area contributed by atoms with Crippen molar-refractivity contribution in [2.45, 2.75) is 0 Å². The number of hydrogen-bond donors (Lipinski definition) is 0.